The Morgan fingerprint density at radius 2 is 2.33 bits per heavy atom. The quantitative estimate of drug-likeness (QED) is 0.676. The van der Waals surface area contributed by atoms with Gasteiger partial charge < -0.3 is 14.6 Å². The number of hydrogen-bond donors (Lipinski definition) is 1. The van der Waals surface area contributed by atoms with E-state index in [1.807, 2.05) is 0 Å². The lowest BCUT2D eigenvalue weighted by atomic mass is 10.1. The molecule has 21 heavy (non-hydrogen) atoms. The molecule has 0 aliphatic carbocycles. The van der Waals surface area contributed by atoms with Crippen molar-refractivity contribution in [3.63, 3.8) is 0 Å². The van der Waals surface area contributed by atoms with Crippen molar-refractivity contribution in [2.24, 2.45) is 0 Å². The fourth-order valence-corrected chi connectivity index (χ4v) is 2.22. The van der Waals surface area contributed by atoms with Crippen LogP contribution in [0.4, 0.5) is 5.69 Å². The Bertz CT molecular complexity index is 664. The number of nitro groups is 1. The highest BCUT2D eigenvalue weighted by atomic mass is 16.6. The minimum absolute atomic E-state index is 0.0401. The van der Waals surface area contributed by atoms with Gasteiger partial charge in [-0.05, 0) is 18.6 Å². The second-order valence-corrected chi connectivity index (χ2v) is 4.80. The molecule has 8 heteroatoms. The zero-order valence-corrected chi connectivity index (χ0v) is 11.4. The SMILES string of the molecule is Cc1cc([N+](=O)[O-])ccc1-c1nc(C2COCCN2)no1. The third kappa shape index (κ3) is 2.76. The Morgan fingerprint density at radius 3 is 3.00 bits per heavy atom. The number of nitrogens with zero attached hydrogens (tertiary/aromatic N) is 3. The zero-order valence-electron chi connectivity index (χ0n) is 11.4. The predicted molar refractivity (Wildman–Crippen MR) is 72.7 cm³/mol. The number of non-ortho nitro benzene ring substituents is 1. The van der Waals surface area contributed by atoms with Gasteiger partial charge in [-0.25, -0.2) is 0 Å². The molecule has 1 fully saturated rings. The van der Waals surface area contributed by atoms with Gasteiger partial charge in [0.2, 0.25) is 0 Å². The summed E-state index contributed by atoms with van der Waals surface area (Å²) < 4.78 is 10.6. The summed E-state index contributed by atoms with van der Waals surface area (Å²) in [6, 6.07) is 4.44. The second kappa shape index (κ2) is 5.58. The molecule has 1 saturated heterocycles. The molecule has 0 spiro atoms. The second-order valence-electron chi connectivity index (χ2n) is 4.80. The molecule has 110 valence electrons. The van der Waals surface area contributed by atoms with Crippen molar-refractivity contribution in [2.75, 3.05) is 19.8 Å². The number of aromatic nitrogens is 2. The van der Waals surface area contributed by atoms with Crippen molar-refractivity contribution >= 4 is 5.69 Å². The molecule has 0 saturated carbocycles. The van der Waals surface area contributed by atoms with E-state index >= 15 is 0 Å². The molecular weight excluding hydrogens is 276 g/mol. The van der Waals surface area contributed by atoms with Gasteiger partial charge in [-0.15, -0.1) is 0 Å². The number of aryl methyl sites for hydroxylation is 1. The van der Waals surface area contributed by atoms with Crippen LogP contribution in [-0.2, 0) is 4.74 Å². The summed E-state index contributed by atoms with van der Waals surface area (Å²) in [5, 5.41) is 17.9. The minimum atomic E-state index is -0.431. The first-order valence-corrected chi connectivity index (χ1v) is 6.55. The first kappa shape index (κ1) is 13.7. The van der Waals surface area contributed by atoms with Crippen LogP contribution in [0, 0.1) is 17.0 Å². The lowest BCUT2D eigenvalue weighted by molar-refractivity contribution is -0.384. The predicted octanol–water partition coefficient (Wildman–Crippen LogP) is 1.61. The highest BCUT2D eigenvalue weighted by Gasteiger charge is 2.22. The zero-order chi connectivity index (χ0) is 14.8. The van der Waals surface area contributed by atoms with Gasteiger partial charge in [-0.3, -0.25) is 10.1 Å². The van der Waals surface area contributed by atoms with E-state index in [4.69, 9.17) is 9.26 Å². The van der Waals surface area contributed by atoms with E-state index in [-0.39, 0.29) is 11.7 Å². The lowest BCUT2D eigenvalue weighted by Gasteiger charge is -2.20. The molecule has 1 N–H and O–H groups in total. The van der Waals surface area contributed by atoms with Crippen LogP contribution in [-0.4, -0.2) is 34.8 Å². The van der Waals surface area contributed by atoms with Crippen LogP contribution < -0.4 is 5.32 Å². The highest BCUT2D eigenvalue weighted by Crippen LogP contribution is 2.26. The van der Waals surface area contributed by atoms with Crippen LogP contribution >= 0.6 is 0 Å². The van der Waals surface area contributed by atoms with Gasteiger partial charge in [0.15, 0.2) is 5.82 Å². The Morgan fingerprint density at radius 1 is 1.48 bits per heavy atom. The topological polar surface area (TPSA) is 103 Å². The van der Waals surface area contributed by atoms with Gasteiger partial charge in [0.1, 0.15) is 0 Å². The molecule has 3 rings (SSSR count). The van der Waals surface area contributed by atoms with Crippen LogP contribution in [0.3, 0.4) is 0 Å². The molecule has 1 aliphatic heterocycles. The summed E-state index contributed by atoms with van der Waals surface area (Å²) in [7, 11) is 0. The van der Waals surface area contributed by atoms with E-state index in [0.717, 1.165) is 6.54 Å². The Balaban J connectivity index is 1.87. The van der Waals surface area contributed by atoms with Crippen LogP contribution in [0.1, 0.15) is 17.4 Å². The van der Waals surface area contributed by atoms with Crippen molar-refractivity contribution in [2.45, 2.75) is 13.0 Å². The van der Waals surface area contributed by atoms with Gasteiger partial charge in [-0.2, -0.15) is 4.98 Å². The normalized spacial score (nSPS) is 18.6. The monoisotopic (exact) mass is 290 g/mol. The summed E-state index contributed by atoms with van der Waals surface area (Å²) in [4.78, 5) is 14.7. The maximum atomic E-state index is 10.7. The first-order valence-electron chi connectivity index (χ1n) is 6.55. The summed E-state index contributed by atoms with van der Waals surface area (Å²) >= 11 is 0. The van der Waals surface area contributed by atoms with Crippen LogP contribution in [0.25, 0.3) is 11.5 Å². The van der Waals surface area contributed by atoms with Gasteiger partial charge in [0, 0.05) is 24.2 Å². The van der Waals surface area contributed by atoms with Crippen molar-refractivity contribution < 1.29 is 14.2 Å². The Kier molecular flexibility index (Phi) is 3.63. The summed E-state index contributed by atoms with van der Waals surface area (Å²) in [5.41, 5.74) is 1.45. The van der Waals surface area contributed by atoms with Gasteiger partial charge in [-0.1, -0.05) is 5.16 Å². The third-order valence-electron chi connectivity index (χ3n) is 3.33. The number of nitro benzene ring substituents is 1. The third-order valence-corrected chi connectivity index (χ3v) is 3.33. The Labute approximate surface area is 120 Å². The van der Waals surface area contributed by atoms with Crippen molar-refractivity contribution in [1.82, 2.24) is 15.5 Å². The fourth-order valence-electron chi connectivity index (χ4n) is 2.22. The average molecular weight is 290 g/mol. The molecule has 0 bridgehead atoms. The first-order chi connectivity index (χ1) is 10.1. The molecule has 1 aromatic carbocycles. The van der Waals surface area contributed by atoms with Crippen LogP contribution in [0.2, 0.25) is 0 Å². The van der Waals surface area contributed by atoms with E-state index in [2.05, 4.69) is 15.5 Å². The summed E-state index contributed by atoms with van der Waals surface area (Å²) in [6.07, 6.45) is 0. The molecule has 0 radical (unpaired) electrons. The van der Waals surface area contributed by atoms with Gasteiger partial charge in [0.25, 0.3) is 11.6 Å². The minimum Gasteiger partial charge on any atom is -0.378 e. The van der Waals surface area contributed by atoms with E-state index in [9.17, 15) is 10.1 Å². The van der Waals surface area contributed by atoms with Crippen molar-refractivity contribution in [3.05, 3.63) is 39.7 Å². The standard InChI is InChI=1S/C13H14N4O4/c1-8-6-9(17(18)19)2-3-10(8)13-15-12(16-21-13)11-7-20-5-4-14-11/h2-3,6,11,14H,4-5,7H2,1H3. The van der Waals surface area contributed by atoms with Crippen LogP contribution in [0.15, 0.2) is 22.7 Å². The maximum Gasteiger partial charge on any atom is 0.269 e. The molecule has 1 atom stereocenters. The van der Waals surface area contributed by atoms with Gasteiger partial charge in [0.05, 0.1) is 24.2 Å². The van der Waals surface area contributed by atoms with E-state index in [1.54, 1.807) is 13.0 Å². The summed E-state index contributed by atoms with van der Waals surface area (Å²) in [6.45, 7) is 3.68. The molecule has 0 amide bonds. The van der Waals surface area contributed by atoms with Gasteiger partial charge >= 0.3 is 0 Å². The highest BCUT2D eigenvalue weighted by molar-refractivity contribution is 5.61. The van der Waals surface area contributed by atoms with E-state index in [0.29, 0.717) is 36.1 Å². The number of rotatable bonds is 3. The van der Waals surface area contributed by atoms with Crippen LogP contribution in [0.5, 0.6) is 0 Å². The number of morpholine rings is 1. The Hall–Kier alpha value is -2.32. The average Bonchev–Trinajstić information content (AvgIpc) is 2.97. The molecule has 1 aromatic heterocycles. The molecule has 1 aliphatic rings. The largest absolute Gasteiger partial charge is 0.378 e. The summed E-state index contributed by atoms with van der Waals surface area (Å²) in [5.74, 6) is 0.882. The lowest BCUT2D eigenvalue weighted by Crippen LogP contribution is -2.35. The smallest absolute Gasteiger partial charge is 0.269 e. The van der Waals surface area contributed by atoms with Crippen molar-refractivity contribution in [1.29, 1.82) is 0 Å². The molecule has 2 aromatic rings. The van der Waals surface area contributed by atoms with Crippen molar-refractivity contribution in [3.8, 4) is 11.5 Å². The molecule has 2 heterocycles. The number of ether oxygens (including phenoxy) is 1. The number of benzene rings is 1. The molecular formula is C13H14N4O4. The molecule has 1 unspecified atom stereocenters. The van der Waals surface area contributed by atoms with E-state index < -0.39 is 4.92 Å². The fraction of sp³-hybridized carbons (Fsp3) is 0.385. The maximum absolute atomic E-state index is 10.7. The van der Waals surface area contributed by atoms with E-state index in [1.165, 1.54) is 12.1 Å². The number of nitrogens with one attached hydrogen (secondary N) is 1. The number of hydrogen-bond acceptors (Lipinski definition) is 7. The molecule has 8 nitrogen and oxygen atoms in total.